The highest BCUT2D eigenvalue weighted by molar-refractivity contribution is 7.22. The summed E-state index contributed by atoms with van der Waals surface area (Å²) in [6.45, 7) is 4.56. The van der Waals surface area contributed by atoms with Gasteiger partial charge in [0.05, 0.1) is 39.2 Å². The molecule has 0 unspecified atom stereocenters. The third-order valence-corrected chi connectivity index (χ3v) is 7.21. The summed E-state index contributed by atoms with van der Waals surface area (Å²) in [6.07, 6.45) is 0. The van der Waals surface area contributed by atoms with Crippen LogP contribution in [0.15, 0.2) is 41.9 Å². The summed E-state index contributed by atoms with van der Waals surface area (Å²) in [7, 11) is 0. The largest absolute Gasteiger partial charge is 0.379 e. The molecule has 1 aliphatic heterocycles. The topological polar surface area (TPSA) is 58.6 Å². The zero-order valence-corrected chi connectivity index (χ0v) is 18.5. The van der Waals surface area contributed by atoms with Crippen LogP contribution >= 0.6 is 34.3 Å². The van der Waals surface area contributed by atoms with Gasteiger partial charge in [-0.1, -0.05) is 22.9 Å². The lowest BCUT2D eigenvalue weighted by Crippen LogP contribution is -2.43. The Morgan fingerprint density at radius 1 is 1.13 bits per heavy atom. The Morgan fingerprint density at radius 2 is 1.97 bits per heavy atom. The van der Waals surface area contributed by atoms with Gasteiger partial charge in [0, 0.05) is 36.8 Å². The molecular formula is C21H19ClN4O2S2. The van der Waals surface area contributed by atoms with Crippen LogP contribution in [0.2, 0.25) is 5.02 Å². The molecule has 9 heteroatoms. The molecule has 4 aromatic rings. The van der Waals surface area contributed by atoms with Crippen molar-refractivity contribution in [2.24, 2.45) is 0 Å². The van der Waals surface area contributed by atoms with E-state index in [1.807, 2.05) is 36.4 Å². The number of hydrogen-bond donors (Lipinski definition) is 0. The van der Waals surface area contributed by atoms with Crippen LogP contribution in [0.3, 0.4) is 0 Å². The van der Waals surface area contributed by atoms with Gasteiger partial charge >= 0.3 is 0 Å². The van der Waals surface area contributed by atoms with Gasteiger partial charge in [0.15, 0.2) is 5.13 Å². The Balaban J connectivity index is 1.47. The SMILES string of the molecule is O=C(c1ccc2ncsc2c1)N(CCN1CCOCC1)c1nc2ccc(Cl)cc2s1. The number of carbonyl (C=O) groups is 1. The van der Waals surface area contributed by atoms with Crippen molar-refractivity contribution in [3.63, 3.8) is 0 Å². The summed E-state index contributed by atoms with van der Waals surface area (Å²) in [5, 5.41) is 1.36. The molecule has 3 heterocycles. The van der Waals surface area contributed by atoms with Crippen molar-refractivity contribution in [2.45, 2.75) is 0 Å². The third kappa shape index (κ3) is 4.06. The first kappa shape index (κ1) is 19.8. The van der Waals surface area contributed by atoms with Crippen LogP contribution in [-0.2, 0) is 4.74 Å². The standard InChI is InChI=1S/C21H19ClN4O2S2/c22-15-2-4-17-19(12-15)30-21(24-17)26(6-5-25-7-9-28-10-8-25)20(27)14-1-3-16-18(11-14)29-13-23-16/h1-4,11-13H,5-10H2. The lowest BCUT2D eigenvalue weighted by atomic mass is 10.2. The molecule has 5 rings (SSSR count). The van der Waals surface area contributed by atoms with Gasteiger partial charge in [-0.2, -0.15) is 0 Å². The van der Waals surface area contributed by atoms with Gasteiger partial charge in [0.25, 0.3) is 5.91 Å². The number of fused-ring (bicyclic) bond motifs is 2. The molecule has 0 radical (unpaired) electrons. The summed E-state index contributed by atoms with van der Waals surface area (Å²) < 4.78 is 7.42. The van der Waals surface area contributed by atoms with Gasteiger partial charge in [-0.15, -0.1) is 11.3 Å². The molecule has 30 heavy (non-hydrogen) atoms. The molecule has 0 atom stereocenters. The molecule has 0 aliphatic carbocycles. The second-order valence-electron chi connectivity index (χ2n) is 7.05. The van der Waals surface area contributed by atoms with Gasteiger partial charge in [0.2, 0.25) is 0 Å². The molecule has 154 valence electrons. The Morgan fingerprint density at radius 3 is 2.83 bits per heavy atom. The minimum Gasteiger partial charge on any atom is -0.379 e. The molecule has 6 nitrogen and oxygen atoms in total. The van der Waals surface area contributed by atoms with E-state index < -0.39 is 0 Å². The number of morpholine rings is 1. The normalized spacial score (nSPS) is 15.1. The summed E-state index contributed by atoms with van der Waals surface area (Å²) >= 11 is 9.18. The van der Waals surface area contributed by atoms with Crippen molar-refractivity contribution in [3.05, 3.63) is 52.5 Å². The number of hydrogen-bond acceptors (Lipinski definition) is 7. The van der Waals surface area contributed by atoms with E-state index in [1.54, 1.807) is 10.4 Å². The molecular weight excluding hydrogens is 440 g/mol. The second-order valence-corrected chi connectivity index (χ2v) is 9.39. The number of rotatable bonds is 5. The molecule has 0 bridgehead atoms. The smallest absolute Gasteiger partial charge is 0.260 e. The zero-order valence-electron chi connectivity index (χ0n) is 16.1. The lowest BCUT2D eigenvalue weighted by Gasteiger charge is -2.29. The maximum Gasteiger partial charge on any atom is 0.260 e. The van der Waals surface area contributed by atoms with Crippen LogP contribution in [0, 0.1) is 0 Å². The van der Waals surface area contributed by atoms with Crippen LogP contribution in [0.25, 0.3) is 20.4 Å². The predicted octanol–water partition coefficient (Wildman–Crippen LogP) is 4.54. The van der Waals surface area contributed by atoms with Gasteiger partial charge in [-0.25, -0.2) is 9.97 Å². The molecule has 2 aromatic heterocycles. The third-order valence-electron chi connectivity index (χ3n) is 5.14. The van der Waals surface area contributed by atoms with Crippen molar-refractivity contribution >= 4 is 65.7 Å². The average Bonchev–Trinajstić information content (AvgIpc) is 3.40. The summed E-state index contributed by atoms with van der Waals surface area (Å²) in [5.41, 5.74) is 4.20. The highest BCUT2D eigenvalue weighted by Crippen LogP contribution is 2.32. The summed E-state index contributed by atoms with van der Waals surface area (Å²) in [6, 6.07) is 11.3. The molecule has 1 aliphatic rings. The van der Waals surface area contributed by atoms with E-state index in [-0.39, 0.29) is 5.91 Å². The van der Waals surface area contributed by atoms with Gasteiger partial charge in [-0.3, -0.25) is 14.6 Å². The fraction of sp³-hybridized carbons (Fsp3) is 0.286. The minimum absolute atomic E-state index is 0.0521. The van der Waals surface area contributed by atoms with Crippen molar-refractivity contribution < 1.29 is 9.53 Å². The van der Waals surface area contributed by atoms with E-state index in [1.165, 1.54) is 22.7 Å². The molecule has 1 saturated heterocycles. The minimum atomic E-state index is -0.0521. The maximum atomic E-state index is 13.5. The number of nitrogens with zero attached hydrogens (tertiary/aromatic N) is 4. The van der Waals surface area contributed by atoms with E-state index in [0.717, 1.165) is 53.3 Å². The Bertz CT molecular complexity index is 1200. The molecule has 1 fully saturated rings. The van der Waals surface area contributed by atoms with Gasteiger partial charge in [-0.05, 0) is 36.4 Å². The van der Waals surface area contributed by atoms with Crippen molar-refractivity contribution in [1.29, 1.82) is 0 Å². The number of halogens is 1. The number of ether oxygens (including phenoxy) is 1. The number of carbonyl (C=O) groups excluding carboxylic acids is 1. The van der Waals surface area contributed by atoms with Crippen molar-refractivity contribution in [2.75, 3.05) is 44.3 Å². The van der Waals surface area contributed by atoms with E-state index in [4.69, 9.17) is 21.3 Å². The first-order valence-corrected chi connectivity index (χ1v) is 11.8. The van der Waals surface area contributed by atoms with Crippen LogP contribution in [0.4, 0.5) is 5.13 Å². The van der Waals surface area contributed by atoms with E-state index in [0.29, 0.717) is 22.3 Å². The van der Waals surface area contributed by atoms with Crippen molar-refractivity contribution in [3.8, 4) is 0 Å². The summed E-state index contributed by atoms with van der Waals surface area (Å²) in [4.78, 5) is 26.7. The fourth-order valence-corrected chi connectivity index (χ4v) is 5.48. The zero-order chi connectivity index (χ0) is 20.5. The van der Waals surface area contributed by atoms with Gasteiger partial charge in [0.1, 0.15) is 0 Å². The number of benzene rings is 2. The maximum absolute atomic E-state index is 13.5. The molecule has 0 spiro atoms. The van der Waals surface area contributed by atoms with E-state index in [2.05, 4.69) is 9.88 Å². The van der Waals surface area contributed by atoms with E-state index >= 15 is 0 Å². The van der Waals surface area contributed by atoms with Crippen LogP contribution in [0.1, 0.15) is 10.4 Å². The quantitative estimate of drug-likeness (QED) is 0.439. The van der Waals surface area contributed by atoms with Crippen LogP contribution in [-0.4, -0.2) is 60.2 Å². The van der Waals surface area contributed by atoms with Crippen LogP contribution < -0.4 is 4.90 Å². The highest BCUT2D eigenvalue weighted by Gasteiger charge is 2.23. The Labute approximate surface area is 186 Å². The second kappa shape index (κ2) is 8.56. The monoisotopic (exact) mass is 458 g/mol. The fourth-order valence-electron chi connectivity index (χ4n) is 3.50. The molecule has 0 saturated carbocycles. The molecule has 1 amide bonds. The van der Waals surface area contributed by atoms with Crippen LogP contribution in [0.5, 0.6) is 0 Å². The van der Waals surface area contributed by atoms with E-state index in [9.17, 15) is 4.79 Å². The molecule has 2 aromatic carbocycles. The Kier molecular flexibility index (Phi) is 5.66. The predicted molar refractivity (Wildman–Crippen MR) is 123 cm³/mol. The summed E-state index contributed by atoms with van der Waals surface area (Å²) in [5.74, 6) is -0.0521. The van der Waals surface area contributed by atoms with Gasteiger partial charge < -0.3 is 4.74 Å². The van der Waals surface area contributed by atoms with Crippen molar-refractivity contribution in [1.82, 2.24) is 14.9 Å². The lowest BCUT2D eigenvalue weighted by molar-refractivity contribution is 0.0391. The Hall–Kier alpha value is -2.10. The first-order valence-electron chi connectivity index (χ1n) is 9.69. The number of aromatic nitrogens is 2. The average molecular weight is 459 g/mol. The number of thiazole rings is 2. The number of anilines is 1. The first-order chi connectivity index (χ1) is 14.7. The number of amides is 1. The molecule has 0 N–H and O–H groups in total. The highest BCUT2D eigenvalue weighted by atomic mass is 35.5.